The number of benzene rings is 1. The third-order valence-corrected chi connectivity index (χ3v) is 4.37. The molecule has 0 aliphatic carbocycles. The molecular weight excluding hydrogens is 274 g/mol. The summed E-state index contributed by atoms with van der Waals surface area (Å²) in [6.07, 6.45) is 0.684. The van der Waals surface area contributed by atoms with Crippen molar-refractivity contribution in [2.75, 3.05) is 30.0 Å². The minimum absolute atomic E-state index is 0.135. The fourth-order valence-electron chi connectivity index (χ4n) is 2.13. The highest BCUT2D eigenvalue weighted by Gasteiger charge is 2.34. The molecule has 0 spiro atoms. The Kier molecular flexibility index (Phi) is 3.42. The number of anilines is 2. The molecule has 19 heavy (non-hydrogen) atoms. The Morgan fingerprint density at radius 1 is 1.26 bits per heavy atom. The smallest absolute Gasteiger partial charge is 0.251 e. The minimum Gasteiger partial charge on any atom is -0.397 e. The van der Waals surface area contributed by atoms with Gasteiger partial charge in [0.15, 0.2) is 9.84 Å². The van der Waals surface area contributed by atoms with Gasteiger partial charge in [-0.2, -0.15) is 0 Å². The van der Waals surface area contributed by atoms with E-state index in [0.29, 0.717) is 11.4 Å². The molecule has 2 N–H and O–H groups in total. The largest absolute Gasteiger partial charge is 0.397 e. The van der Waals surface area contributed by atoms with E-state index in [4.69, 9.17) is 5.73 Å². The van der Waals surface area contributed by atoms with Gasteiger partial charge in [0.05, 0.1) is 16.3 Å². The van der Waals surface area contributed by atoms with Crippen LogP contribution in [0.5, 0.6) is 0 Å². The second kappa shape index (κ2) is 4.63. The number of nitrogens with two attached hydrogens (primary N) is 1. The predicted octanol–water partition coefficient (Wildman–Crippen LogP) is 1.91. The summed E-state index contributed by atoms with van der Waals surface area (Å²) in [4.78, 5) is 1.90. The molecule has 1 aliphatic heterocycles. The molecule has 2 rings (SSSR count). The maximum atomic E-state index is 13.1. The van der Waals surface area contributed by atoms with Gasteiger partial charge in [-0.3, -0.25) is 0 Å². The molecule has 106 valence electrons. The van der Waals surface area contributed by atoms with Crippen molar-refractivity contribution in [3.8, 4) is 0 Å². The molecule has 7 heteroatoms. The molecule has 0 radical (unpaired) electrons. The number of nitrogen functional groups attached to an aromatic ring is 1. The van der Waals surface area contributed by atoms with Crippen LogP contribution in [-0.4, -0.2) is 33.7 Å². The van der Waals surface area contributed by atoms with Crippen molar-refractivity contribution in [3.05, 3.63) is 18.2 Å². The molecule has 4 nitrogen and oxygen atoms in total. The average molecular weight is 290 g/mol. The van der Waals surface area contributed by atoms with Gasteiger partial charge in [0.1, 0.15) is 0 Å². The van der Waals surface area contributed by atoms with Crippen LogP contribution in [0.2, 0.25) is 0 Å². The van der Waals surface area contributed by atoms with Crippen molar-refractivity contribution in [3.63, 3.8) is 0 Å². The van der Waals surface area contributed by atoms with E-state index < -0.39 is 15.8 Å². The van der Waals surface area contributed by atoms with E-state index in [1.807, 2.05) is 0 Å². The van der Waals surface area contributed by atoms with Gasteiger partial charge in [-0.25, -0.2) is 17.2 Å². The molecule has 1 saturated heterocycles. The lowest BCUT2D eigenvalue weighted by Gasteiger charge is -2.34. The number of rotatable bonds is 2. The van der Waals surface area contributed by atoms with Gasteiger partial charge in [-0.1, -0.05) is 0 Å². The van der Waals surface area contributed by atoms with Crippen LogP contribution in [0.3, 0.4) is 0 Å². The van der Waals surface area contributed by atoms with E-state index >= 15 is 0 Å². The maximum absolute atomic E-state index is 13.1. The van der Waals surface area contributed by atoms with E-state index in [1.165, 1.54) is 12.1 Å². The number of piperidine rings is 1. The zero-order valence-electron chi connectivity index (χ0n) is 10.6. The normalized spacial score (nSPS) is 19.4. The molecular formula is C12H16F2N2O2S. The van der Waals surface area contributed by atoms with Crippen LogP contribution in [0.4, 0.5) is 20.2 Å². The second-order valence-corrected chi connectivity index (χ2v) is 6.85. The topological polar surface area (TPSA) is 63.4 Å². The Morgan fingerprint density at radius 3 is 2.32 bits per heavy atom. The van der Waals surface area contributed by atoms with Crippen molar-refractivity contribution >= 4 is 21.2 Å². The van der Waals surface area contributed by atoms with Crippen LogP contribution in [-0.2, 0) is 9.84 Å². The number of sulfone groups is 1. The van der Waals surface area contributed by atoms with Gasteiger partial charge in [0.25, 0.3) is 5.92 Å². The van der Waals surface area contributed by atoms with E-state index in [0.717, 1.165) is 6.26 Å². The van der Waals surface area contributed by atoms with E-state index in [-0.39, 0.29) is 30.8 Å². The Balaban J connectivity index is 2.23. The van der Waals surface area contributed by atoms with Gasteiger partial charge in [-0.05, 0) is 18.2 Å². The van der Waals surface area contributed by atoms with Gasteiger partial charge in [0.2, 0.25) is 0 Å². The summed E-state index contributed by atoms with van der Waals surface area (Å²) in [5.74, 6) is -2.61. The summed E-state index contributed by atoms with van der Waals surface area (Å²) < 4.78 is 48.9. The third kappa shape index (κ3) is 3.15. The van der Waals surface area contributed by atoms with Gasteiger partial charge >= 0.3 is 0 Å². The minimum atomic E-state index is -3.31. The first-order valence-corrected chi connectivity index (χ1v) is 7.80. The molecule has 1 aromatic carbocycles. The summed E-state index contributed by atoms with van der Waals surface area (Å²) in [5.41, 5.74) is 6.74. The number of halogens is 2. The fourth-order valence-corrected chi connectivity index (χ4v) is 2.78. The van der Waals surface area contributed by atoms with Gasteiger partial charge in [0, 0.05) is 32.2 Å². The molecule has 0 bridgehead atoms. The molecule has 0 aromatic heterocycles. The van der Waals surface area contributed by atoms with E-state index in [9.17, 15) is 17.2 Å². The van der Waals surface area contributed by atoms with Crippen LogP contribution in [0.1, 0.15) is 12.8 Å². The van der Waals surface area contributed by atoms with Crippen molar-refractivity contribution < 1.29 is 17.2 Å². The summed E-state index contributed by atoms with van der Waals surface area (Å²) >= 11 is 0. The van der Waals surface area contributed by atoms with Crippen molar-refractivity contribution in [2.24, 2.45) is 0 Å². The number of nitrogens with zero attached hydrogens (tertiary/aromatic N) is 1. The van der Waals surface area contributed by atoms with Crippen molar-refractivity contribution in [2.45, 2.75) is 23.7 Å². The summed E-state index contributed by atoms with van der Waals surface area (Å²) in [6, 6.07) is 4.40. The summed E-state index contributed by atoms with van der Waals surface area (Å²) in [6.45, 7) is 0.435. The lowest BCUT2D eigenvalue weighted by atomic mass is 10.1. The van der Waals surface area contributed by atoms with Crippen LogP contribution < -0.4 is 10.6 Å². The first-order chi connectivity index (χ1) is 8.69. The summed E-state index contributed by atoms with van der Waals surface area (Å²) in [5, 5.41) is 0. The lowest BCUT2D eigenvalue weighted by Crippen LogP contribution is -2.39. The van der Waals surface area contributed by atoms with Gasteiger partial charge < -0.3 is 10.6 Å². The first-order valence-electron chi connectivity index (χ1n) is 5.91. The maximum Gasteiger partial charge on any atom is 0.251 e. The average Bonchev–Trinajstić information content (AvgIpc) is 2.28. The molecule has 0 saturated carbocycles. The highest BCUT2D eigenvalue weighted by molar-refractivity contribution is 7.90. The highest BCUT2D eigenvalue weighted by atomic mass is 32.2. The number of hydrogen-bond donors (Lipinski definition) is 1. The van der Waals surface area contributed by atoms with E-state index in [2.05, 4.69) is 0 Å². The number of hydrogen-bond acceptors (Lipinski definition) is 4. The SMILES string of the molecule is CS(=O)(=O)c1ccc(N2CCC(F)(F)CC2)c(N)c1. The Hall–Kier alpha value is -1.37. The molecule has 1 heterocycles. The van der Waals surface area contributed by atoms with Crippen LogP contribution in [0.25, 0.3) is 0 Å². The number of alkyl halides is 2. The van der Waals surface area contributed by atoms with Crippen LogP contribution in [0.15, 0.2) is 23.1 Å². The highest BCUT2D eigenvalue weighted by Crippen LogP contribution is 2.33. The standard InChI is InChI=1S/C12H16F2N2O2S/c1-19(17,18)9-2-3-11(10(15)8-9)16-6-4-12(13,14)5-7-16/h2-3,8H,4-7,15H2,1H3. The Morgan fingerprint density at radius 2 is 1.84 bits per heavy atom. The molecule has 0 atom stereocenters. The monoisotopic (exact) mass is 290 g/mol. The predicted molar refractivity (Wildman–Crippen MR) is 70.4 cm³/mol. The molecule has 0 unspecified atom stereocenters. The molecule has 1 aliphatic rings. The van der Waals surface area contributed by atoms with Crippen LogP contribution in [0, 0.1) is 0 Å². The third-order valence-electron chi connectivity index (χ3n) is 3.26. The van der Waals surface area contributed by atoms with Crippen molar-refractivity contribution in [1.29, 1.82) is 0 Å². The first kappa shape index (κ1) is 14.0. The Labute approximate surface area is 111 Å². The lowest BCUT2D eigenvalue weighted by molar-refractivity contribution is -0.0220. The fraction of sp³-hybridized carbons (Fsp3) is 0.500. The molecule has 1 aromatic rings. The molecule has 0 amide bonds. The van der Waals surface area contributed by atoms with Gasteiger partial charge in [-0.15, -0.1) is 0 Å². The second-order valence-electron chi connectivity index (χ2n) is 4.84. The van der Waals surface area contributed by atoms with Crippen LogP contribution >= 0.6 is 0 Å². The molecule has 1 fully saturated rings. The van der Waals surface area contributed by atoms with E-state index in [1.54, 1.807) is 11.0 Å². The zero-order chi connectivity index (χ0) is 14.3. The zero-order valence-corrected chi connectivity index (χ0v) is 11.4. The quantitative estimate of drug-likeness (QED) is 0.845. The Bertz CT molecular complexity index is 577. The summed E-state index contributed by atoms with van der Waals surface area (Å²) in [7, 11) is -3.31. The van der Waals surface area contributed by atoms with Crippen molar-refractivity contribution in [1.82, 2.24) is 0 Å².